The predicted octanol–water partition coefficient (Wildman–Crippen LogP) is 9.41. The molecule has 0 heterocycles. The Bertz CT molecular complexity index is 611. The van der Waals surface area contributed by atoms with Gasteiger partial charge in [0, 0.05) is 6.57 Å². The van der Waals surface area contributed by atoms with Crippen molar-refractivity contribution in [3.05, 3.63) is 59.7 Å². The van der Waals surface area contributed by atoms with Crippen molar-refractivity contribution in [1.29, 1.82) is 5.26 Å². The average Bonchev–Trinajstić information content (AvgIpc) is 2.82. The molecule has 0 radical (unpaired) electrons. The van der Waals surface area contributed by atoms with Gasteiger partial charge in [0.2, 0.25) is 0 Å². The first-order valence-corrected chi connectivity index (χ1v) is 12.3. The van der Waals surface area contributed by atoms with Crippen LogP contribution in [-0.2, 0) is 0 Å². The third-order valence-corrected chi connectivity index (χ3v) is 5.08. The van der Waals surface area contributed by atoms with Gasteiger partial charge in [-0.2, -0.15) is 0 Å². The molecule has 0 saturated carbocycles. The minimum atomic E-state index is 0. The van der Waals surface area contributed by atoms with Crippen molar-refractivity contribution in [3.8, 4) is 18.1 Å². The Morgan fingerprint density at radius 1 is 0.545 bits per heavy atom. The number of unbranched alkanes of at least 4 members (excludes halogenated alkanes) is 8. The SMILES string of the molecule is Br.C#N.CCCCCCCOc1ccc(C)cc1.CCCCCCCOc1ccc(C)cc1. The van der Waals surface area contributed by atoms with Crippen LogP contribution in [0.3, 0.4) is 0 Å². The van der Waals surface area contributed by atoms with Crippen molar-refractivity contribution < 1.29 is 9.47 Å². The van der Waals surface area contributed by atoms with E-state index in [0.29, 0.717) is 0 Å². The van der Waals surface area contributed by atoms with Gasteiger partial charge in [-0.1, -0.05) is 101 Å². The summed E-state index contributed by atoms with van der Waals surface area (Å²) >= 11 is 0. The molecule has 0 spiro atoms. The molecule has 0 unspecified atom stereocenters. The van der Waals surface area contributed by atoms with E-state index in [2.05, 4.69) is 58.5 Å². The highest BCUT2D eigenvalue weighted by Gasteiger charge is 1.94. The van der Waals surface area contributed by atoms with E-state index < -0.39 is 0 Å². The van der Waals surface area contributed by atoms with Crippen molar-refractivity contribution in [2.45, 2.75) is 91.9 Å². The van der Waals surface area contributed by atoms with Crippen LogP contribution in [0.2, 0.25) is 0 Å². The maximum atomic E-state index is 6.50. The Morgan fingerprint density at radius 3 is 1.15 bits per heavy atom. The van der Waals surface area contributed by atoms with Gasteiger partial charge >= 0.3 is 0 Å². The smallest absolute Gasteiger partial charge is 0.119 e. The maximum absolute atomic E-state index is 6.50. The molecule has 0 amide bonds. The van der Waals surface area contributed by atoms with Crippen molar-refractivity contribution >= 4 is 17.0 Å². The predicted molar refractivity (Wildman–Crippen MR) is 148 cm³/mol. The van der Waals surface area contributed by atoms with Crippen LogP contribution >= 0.6 is 17.0 Å². The third kappa shape index (κ3) is 20.4. The minimum absolute atomic E-state index is 0. The van der Waals surface area contributed by atoms with Gasteiger partial charge in [-0.3, -0.25) is 0 Å². The summed E-state index contributed by atoms with van der Waals surface area (Å²) in [6.45, 7) is 13.9. The summed E-state index contributed by atoms with van der Waals surface area (Å²) in [6, 6.07) is 16.5. The highest BCUT2D eigenvalue weighted by molar-refractivity contribution is 8.93. The van der Waals surface area contributed by atoms with Crippen LogP contribution < -0.4 is 9.47 Å². The number of rotatable bonds is 14. The zero-order valence-corrected chi connectivity index (χ0v) is 23.1. The molecule has 4 heteroatoms. The van der Waals surface area contributed by atoms with E-state index >= 15 is 0 Å². The van der Waals surface area contributed by atoms with Crippen LogP contribution in [0.15, 0.2) is 48.5 Å². The number of ether oxygens (including phenoxy) is 2. The largest absolute Gasteiger partial charge is 0.494 e. The first kappa shape index (κ1) is 33.2. The maximum Gasteiger partial charge on any atom is 0.119 e. The highest BCUT2D eigenvalue weighted by Crippen LogP contribution is 2.13. The molecule has 3 nitrogen and oxygen atoms in total. The molecule has 33 heavy (non-hydrogen) atoms. The molecule has 0 aliphatic rings. The lowest BCUT2D eigenvalue weighted by molar-refractivity contribution is 0.304. The molecule has 0 aliphatic carbocycles. The standard InChI is InChI=1S/2C14H22O.CHN.BrH/c2*1-3-4-5-6-7-12-15-14-10-8-13(2)9-11-14;1-2;/h2*8-11H,3-7,12H2,1-2H3;1H;1H. The number of aryl methyl sites for hydroxylation is 2. The number of nitriles is 1. The Kier molecular flexibility index (Phi) is 24.8. The second-order valence-electron chi connectivity index (χ2n) is 8.15. The van der Waals surface area contributed by atoms with Gasteiger partial charge in [0.15, 0.2) is 0 Å². The molecule has 0 N–H and O–H groups in total. The normalized spacial score (nSPS) is 9.39. The minimum Gasteiger partial charge on any atom is -0.494 e. The molecule has 0 bridgehead atoms. The van der Waals surface area contributed by atoms with Crippen LogP contribution in [0.5, 0.6) is 11.5 Å². The van der Waals surface area contributed by atoms with Gasteiger partial charge in [-0.15, -0.1) is 17.0 Å². The Hall–Kier alpha value is -1.99. The molecule has 2 aromatic rings. The Morgan fingerprint density at radius 2 is 0.848 bits per heavy atom. The van der Waals surface area contributed by atoms with E-state index in [1.54, 1.807) is 0 Å². The van der Waals surface area contributed by atoms with Crippen LogP contribution in [-0.4, -0.2) is 13.2 Å². The van der Waals surface area contributed by atoms with Gasteiger partial charge in [0.25, 0.3) is 0 Å². The van der Waals surface area contributed by atoms with E-state index in [4.69, 9.17) is 14.7 Å². The first-order valence-electron chi connectivity index (χ1n) is 12.3. The van der Waals surface area contributed by atoms with E-state index in [-0.39, 0.29) is 17.0 Å². The topological polar surface area (TPSA) is 42.2 Å². The van der Waals surface area contributed by atoms with Crippen LogP contribution in [0.25, 0.3) is 0 Å². The van der Waals surface area contributed by atoms with Gasteiger partial charge in [0.05, 0.1) is 13.2 Å². The molecular formula is C29H46BrNO2. The molecule has 0 aromatic heterocycles. The summed E-state index contributed by atoms with van der Waals surface area (Å²) in [7, 11) is 0. The summed E-state index contributed by atoms with van der Waals surface area (Å²) < 4.78 is 11.3. The van der Waals surface area contributed by atoms with Crippen molar-refractivity contribution in [2.75, 3.05) is 13.2 Å². The Labute approximate surface area is 214 Å². The number of hydrogen-bond acceptors (Lipinski definition) is 3. The van der Waals surface area contributed by atoms with Gasteiger partial charge in [-0.05, 0) is 51.0 Å². The lowest BCUT2D eigenvalue weighted by atomic mass is 10.2. The van der Waals surface area contributed by atoms with Crippen LogP contribution in [0.1, 0.15) is 89.2 Å². The third-order valence-electron chi connectivity index (χ3n) is 5.08. The fraction of sp³-hybridized carbons (Fsp3) is 0.552. The first-order chi connectivity index (χ1) is 15.7. The van der Waals surface area contributed by atoms with E-state index in [1.165, 1.54) is 75.3 Å². The summed E-state index contributed by atoms with van der Waals surface area (Å²) in [5.74, 6) is 1.99. The van der Waals surface area contributed by atoms with E-state index in [9.17, 15) is 0 Å². The Balaban J connectivity index is 0. The quantitative estimate of drug-likeness (QED) is 0.233. The summed E-state index contributed by atoms with van der Waals surface area (Å²) in [5, 5.41) is 6.50. The fourth-order valence-corrected chi connectivity index (χ4v) is 3.06. The molecule has 2 aromatic carbocycles. The molecule has 186 valence electrons. The second kappa shape index (κ2) is 24.6. The average molecular weight is 521 g/mol. The van der Waals surface area contributed by atoms with Gasteiger partial charge in [-0.25, -0.2) is 5.26 Å². The molecular weight excluding hydrogens is 474 g/mol. The summed E-state index contributed by atoms with van der Waals surface area (Å²) in [6.07, 6.45) is 12.9. The number of nitrogens with zero attached hydrogens (tertiary/aromatic N) is 1. The number of hydrogen-bond donors (Lipinski definition) is 0. The van der Waals surface area contributed by atoms with Crippen LogP contribution in [0.4, 0.5) is 0 Å². The van der Waals surface area contributed by atoms with E-state index in [0.717, 1.165) is 24.7 Å². The fourth-order valence-electron chi connectivity index (χ4n) is 3.06. The van der Waals surface area contributed by atoms with E-state index in [1.807, 2.05) is 24.3 Å². The lowest BCUT2D eigenvalue weighted by Crippen LogP contribution is -1.97. The zero-order chi connectivity index (χ0) is 23.9. The molecule has 0 aliphatic heterocycles. The van der Waals surface area contributed by atoms with Crippen molar-refractivity contribution in [2.24, 2.45) is 0 Å². The summed E-state index contributed by atoms with van der Waals surface area (Å²) in [5.41, 5.74) is 2.57. The van der Waals surface area contributed by atoms with Crippen LogP contribution in [0, 0.1) is 25.7 Å². The van der Waals surface area contributed by atoms with Gasteiger partial charge < -0.3 is 9.47 Å². The molecule has 0 fully saturated rings. The molecule has 2 rings (SSSR count). The second-order valence-corrected chi connectivity index (χ2v) is 8.15. The summed E-state index contributed by atoms with van der Waals surface area (Å²) in [4.78, 5) is 0. The van der Waals surface area contributed by atoms with Crippen molar-refractivity contribution in [3.63, 3.8) is 0 Å². The zero-order valence-electron chi connectivity index (χ0n) is 21.4. The highest BCUT2D eigenvalue weighted by atomic mass is 79.9. The molecule has 0 atom stereocenters. The van der Waals surface area contributed by atoms with Crippen molar-refractivity contribution in [1.82, 2.24) is 0 Å². The lowest BCUT2D eigenvalue weighted by Gasteiger charge is -2.05. The number of benzene rings is 2. The molecule has 0 saturated heterocycles. The number of halogens is 1. The monoisotopic (exact) mass is 519 g/mol. The van der Waals surface area contributed by atoms with Gasteiger partial charge in [0.1, 0.15) is 11.5 Å².